The first-order chi connectivity index (χ1) is 8.50. The summed E-state index contributed by atoms with van der Waals surface area (Å²) in [5.41, 5.74) is 3.50. The van der Waals surface area contributed by atoms with Crippen molar-refractivity contribution in [2.75, 3.05) is 0 Å². The van der Waals surface area contributed by atoms with E-state index in [2.05, 4.69) is 45.9 Å². The maximum absolute atomic E-state index is 6.15. The van der Waals surface area contributed by atoms with Crippen LogP contribution in [0.2, 0.25) is 0 Å². The minimum absolute atomic E-state index is 0.323. The molecule has 0 spiro atoms. The number of hydrogen-bond acceptors (Lipinski definition) is 1. The van der Waals surface area contributed by atoms with E-state index in [1.54, 1.807) is 0 Å². The Morgan fingerprint density at radius 2 is 1.33 bits per heavy atom. The lowest BCUT2D eigenvalue weighted by molar-refractivity contribution is 0.107. The third-order valence-corrected chi connectivity index (χ3v) is 3.20. The molecule has 0 saturated carbocycles. The third-order valence-electron chi connectivity index (χ3n) is 3.20. The van der Waals surface area contributed by atoms with Crippen LogP contribution in [0.3, 0.4) is 0 Å². The molecule has 0 heterocycles. The van der Waals surface area contributed by atoms with Crippen molar-refractivity contribution in [1.82, 2.24) is 0 Å². The van der Waals surface area contributed by atoms with Gasteiger partial charge < -0.3 is 4.74 Å². The van der Waals surface area contributed by atoms with Crippen LogP contribution in [-0.2, 0) is 5.60 Å². The molecule has 2 rings (SSSR count). The van der Waals surface area contributed by atoms with Crippen molar-refractivity contribution < 1.29 is 4.74 Å². The molecular formula is C17H20O. The summed E-state index contributed by atoms with van der Waals surface area (Å²) < 4.78 is 6.15. The minimum atomic E-state index is -0.323. The molecule has 0 amide bonds. The second kappa shape index (κ2) is 4.85. The molecule has 0 N–H and O–H groups in total. The fourth-order valence-electron chi connectivity index (χ4n) is 2.60. The van der Waals surface area contributed by atoms with E-state index in [1.807, 2.05) is 30.3 Å². The van der Waals surface area contributed by atoms with Gasteiger partial charge in [0.25, 0.3) is 0 Å². The first-order valence-corrected chi connectivity index (χ1v) is 6.31. The Kier molecular flexibility index (Phi) is 3.42. The van der Waals surface area contributed by atoms with Gasteiger partial charge in [0.05, 0.1) is 0 Å². The maximum Gasteiger partial charge on any atom is 0.129 e. The quantitative estimate of drug-likeness (QED) is 0.760. The van der Waals surface area contributed by atoms with Crippen LogP contribution in [0, 0.1) is 13.8 Å². The zero-order chi connectivity index (χ0) is 13.2. The Labute approximate surface area is 109 Å². The van der Waals surface area contributed by atoms with E-state index in [1.165, 1.54) is 16.7 Å². The van der Waals surface area contributed by atoms with Crippen LogP contribution < -0.4 is 4.74 Å². The molecule has 0 radical (unpaired) electrons. The normalized spacial score (nSPS) is 11.3. The van der Waals surface area contributed by atoms with Gasteiger partial charge in [-0.1, -0.05) is 36.4 Å². The van der Waals surface area contributed by atoms with E-state index in [4.69, 9.17) is 4.74 Å². The molecule has 0 bridgehead atoms. The van der Waals surface area contributed by atoms with Crippen LogP contribution in [0.1, 0.15) is 30.5 Å². The lowest BCUT2D eigenvalue weighted by Crippen LogP contribution is -2.27. The van der Waals surface area contributed by atoms with Gasteiger partial charge in [-0.2, -0.15) is 0 Å². The molecule has 2 aromatic carbocycles. The summed E-state index contributed by atoms with van der Waals surface area (Å²) in [6.45, 7) is 8.52. The van der Waals surface area contributed by atoms with Crippen molar-refractivity contribution in [3.05, 3.63) is 65.2 Å². The largest absolute Gasteiger partial charge is 0.483 e. The van der Waals surface area contributed by atoms with E-state index in [-0.39, 0.29) is 5.60 Å². The van der Waals surface area contributed by atoms with Gasteiger partial charge in [0.2, 0.25) is 0 Å². The summed E-state index contributed by atoms with van der Waals surface area (Å²) in [4.78, 5) is 0. The van der Waals surface area contributed by atoms with E-state index in [9.17, 15) is 0 Å². The molecule has 0 atom stereocenters. The summed E-state index contributed by atoms with van der Waals surface area (Å²) in [7, 11) is 0. The van der Waals surface area contributed by atoms with Crippen LogP contribution in [0.4, 0.5) is 0 Å². The number of ether oxygens (including phenoxy) is 1. The van der Waals surface area contributed by atoms with Crippen molar-refractivity contribution in [1.29, 1.82) is 0 Å². The number of hydrogen-bond donors (Lipinski definition) is 0. The van der Waals surface area contributed by atoms with Crippen LogP contribution in [0.5, 0.6) is 5.75 Å². The van der Waals surface area contributed by atoms with Crippen molar-refractivity contribution in [3.8, 4) is 5.75 Å². The Morgan fingerprint density at radius 1 is 0.778 bits per heavy atom. The standard InChI is InChI=1S/C17H20O/c1-13-9-8-10-14(2)16(13)17(3,4)18-15-11-6-5-7-12-15/h5-12H,1-4H3. The molecule has 2 aromatic rings. The van der Waals surface area contributed by atoms with Crippen LogP contribution in [-0.4, -0.2) is 0 Å². The number of benzene rings is 2. The predicted molar refractivity (Wildman–Crippen MR) is 76.0 cm³/mol. The van der Waals surface area contributed by atoms with Crippen LogP contribution >= 0.6 is 0 Å². The summed E-state index contributed by atoms with van der Waals surface area (Å²) in [5.74, 6) is 0.908. The lowest BCUT2D eigenvalue weighted by atomic mass is 9.89. The van der Waals surface area contributed by atoms with Gasteiger partial charge in [-0.3, -0.25) is 0 Å². The fraction of sp³-hybridized carbons (Fsp3) is 0.294. The van der Waals surface area contributed by atoms with Crippen molar-refractivity contribution >= 4 is 0 Å². The molecule has 1 nitrogen and oxygen atoms in total. The number of rotatable bonds is 3. The van der Waals surface area contributed by atoms with Gasteiger partial charge in [0.15, 0.2) is 0 Å². The molecule has 0 aliphatic heterocycles. The van der Waals surface area contributed by atoms with Crippen molar-refractivity contribution in [3.63, 3.8) is 0 Å². The Hall–Kier alpha value is -1.76. The monoisotopic (exact) mass is 240 g/mol. The molecule has 18 heavy (non-hydrogen) atoms. The molecular weight excluding hydrogens is 220 g/mol. The molecule has 0 aromatic heterocycles. The highest BCUT2D eigenvalue weighted by molar-refractivity contribution is 5.38. The summed E-state index contributed by atoms with van der Waals surface area (Å²) in [6, 6.07) is 16.3. The molecule has 94 valence electrons. The Morgan fingerprint density at radius 3 is 1.89 bits per heavy atom. The summed E-state index contributed by atoms with van der Waals surface area (Å²) in [5, 5.41) is 0. The molecule has 0 aliphatic carbocycles. The first kappa shape index (κ1) is 12.7. The van der Waals surface area contributed by atoms with E-state index >= 15 is 0 Å². The van der Waals surface area contributed by atoms with Gasteiger partial charge in [0.1, 0.15) is 11.4 Å². The van der Waals surface area contributed by atoms with Crippen molar-refractivity contribution in [2.45, 2.75) is 33.3 Å². The average molecular weight is 240 g/mol. The first-order valence-electron chi connectivity index (χ1n) is 6.31. The van der Waals surface area contributed by atoms with Gasteiger partial charge >= 0.3 is 0 Å². The van der Waals surface area contributed by atoms with E-state index < -0.39 is 0 Å². The highest BCUT2D eigenvalue weighted by Gasteiger charge is 2.26. The highest BCUT2D eigenvalue weighted by Crippen LogP contribution is 2.31. The summed E-state index contributed by atoms with van der Waals surface area (Å²) >= 11 is 0. The highest BCUT2D eigenvalue weighted by atomic mass is 16.5. The number of aryl methyl sites for hydroxylation is 2. The Bertz CT molecular complexity index is 506. The zero-order valence-electron chi connectivity index (χ0n) is 11.5. The SMILES string of the molecule is Cc1cccc(C)c1C(C)(C)Oc1ccccc1. The van der Waals surface area contributed by atoms with Gasteiger partial charge in [-0.05, 0) is 51.0 Å². The fourth-order valence-corrected chi connectivity index (χ4v) is 2.60. The smallest absolute Gasteiger partial charge is 0.129 e. The van der Waals surface area contributed by atoms with E-state index in [0.29, 0.717) is 0 Å². The molecule has 0 saturated heterocycles. The lowest BCUT2D eigenvalue weighted by Gasteiger charge is -2.30. The summed E-state index contributed by atoms with van der Waals surface area (Å²) in [6.07, 6.45) is 0. The minimum Gasteiger partial charge on any atom is -0.483 e. The third kappa shape index (κ3) is 2.56. The molecule has 0 fully saturated rings. The average Bonchev–Trinajstić information content (AvgIpc) is 2.28. The second-order valence-corrected chi connectivity index (χ2v) is 5.19. The van der Waals surface area contributed by atoms with Crippen molar-refractivity contribution in [2.24, 2.45) is 0 Å². The molecule has 0 unspecified atom stereocenters. The van der Waals surface area contributed by atoms with Gasteiger partial charge in [-0.15, -0.1) is 0 Å². The maximum atomic E-state index is 6.15. The van der Waals surface area contributed by atoms with Crippen LogP contribution in [0.25, 0.3) is 0 Å². The zero-order valence-corrected chi connectivity index (χ0v) is 11.5. The molecule has 1 heteroatoms. The van der Waals surface area contributed by atoms with Gasteiger partial charge in [0, 0.05) is 5.56 Å². The van der Waals surface area contributed by atoms with E-state index in [0.717, 1.165) is 5.75 Å². The Balaban J connectivity index is 2.37. The van der Waals surface area contributed by atoms with Gasteiger partial charge in [-0.25, -0.2) is 0 Å². The number of para-hydroxylation sites is 1. The van der Waals surface area contributed by atoms with Crippen LogP contribution in [0.15, 0.2) is 48.5 Å². The molecule has 0 aliphatic rings. The predicted octanol–water partition coefficient (Wildman–Crippen LogP) is 4.62. The second-order valence-electron chi connectivity index (χ2n) is 5.19. The topological polar surface area (TPSA) is 9.23 Å².